The second kappa shape index (κ2) is 6.05. The lowest BCUT2D eigenvalue weighted by Crippen LogP contribution is -2.26. The van der Waals surface area contributed by atoms with Gasteiger partial charge in [0.2, 0.25) is 0 Å². The number of nitrogens with zero attached hydrogens (tertiary/aromatic N) is 4. The molecular formula is C16H17N5O. The van der Waals surface area contributed by atoms with Crippen LogP contribution >= 0.6 is 0 Å². The molecule has 0 unspecified atom stereocenters. The molecule has 0 saturated carbocycles. The van der Waals surface area contributed by atoms with Gasteiger partial charge in [-0.3, -0.25) is 0 Å². The third-order valence-electron chi connectivity index (χ3n) is 3.47. The topological polar surface area (TPSA) is 89.8 Å². The Morgan fingerprint density at radius 3 is 2.45 bits per heavy atom. The zero-order chi connectivity index (χ0) is 15.5. The monoisotopic (exact) mass is 295 g/mol. The standard InChI is InChI=1S/C16H17N5O/c1-11(22)16(17)14-9-10-18-21(14)15-8-7-13(19-20-15)12-5-3-2-4-6-12/h2-11,16,22H,17H2,1H3/t11-,16+/m1/s1. The molecule has 0 spiro atoms. The number of aliphatic hydroxyl groups is 1. The van der Waals surface area contributed by atoms with E-state index in [1.165, 1.54) is 0 Å². The summed E-state index contributed by atoms with van der Waals surface area (Å²) in [6.45, 7) is 1.65. The maximum Gasteiger partial charge on any atom is 0.176 e. The van der Waals surface area contributed by atoms with Crippen LogP contribution < -0.4 is 5.73 Å². The highest BCUT2D eigenvalue weighted by Gasteiger charge is 2.18. The van der Waals surface area contributed by atoms with E-state index >= 15 is 0 Å². The molecular weight excluding hydrogens is 278 g/mol. The van der Waals surface area contributed by atoms with E-state index in [1.807, 2.05) is 42.5 Å². The van der Waals surface area contributed by atoms with E-state index in [2.05, 4.69) is 15.3 Å². The van der Waals surface area contributed by atoms with Gasteiger partial charge in [-0.05, 0) is 25.1 Å². The SMILES string of the molecule is C[C@@H](O)[C@H](N)c1ccnn1-c1ccc(-c2ccccc2)nn1. The fraction of sp³-hybridized carbons (Fsp3) is 0.188. The quantitative estimate of drug-likeness (QED) is 0.764. The molecule has 6 heteroatoms. The van der Waals surface area contributed by atoms with Crippen molar-refractivity contribution in [2.45, 2.75) is 19.1 Å². The molecule has 6 nitrogen and oxygen atoms in total. The van der Waals surface area contributed by atoms with Gasteiger partial charge in [0.25, 0.3) is 0 Å². The summed E-state index contributed by atoms with van der Waals surface area (Å²) in [4.78, 5) is 0. The van der Waals surface area contributed by atoms with Gasteiger partial charge in [0.15, 0.2) is 5.82 Å². The minimum absolute atomic E-state index is 0.530. The largest absolute Gasteiger partial charge is 0.391 e. The summed E-state index contributed by atoms with van der Waals surface area (Å²) in [6.07, 6.45) is 0.955. The second-order valence-corrected chi connectivity index (χ2v) is 5.08. The fourth-order valence-electron chi connectivity index (χ4n) is 2.21. The van der Waals surface area contributed by atoms with E-state index in [0.29, 0.717) is 11.5 Å². The number of aliphatic hydroxyl groups excluding tert-OH is 1. The van der Waals surface area contributed by atoms with Crippen LogP contribution in [0.3, 0.4) is 0 Å². The van der Waals surface area contributed by atoms with Crippen LogP contribution in [0.15, 0.2) is 54.7 Å². The summed E-state index contributed by atoms with van der Waals surface area (Å²) in [5.41, 5.74) is 8.47. The molecule has 0 aliphatic carbocycles. The summed E-state index contributed by atoms with van der Waals surface area (Å²) < 4.78 is 1.60. The average Bonchev–Trinajstić information content (AvgIpc) is 3.04. The first-order valence-corrected chi connectivity index (χ1v) is 7.04. The number of aromatic nitrogens is 4. The minimum atomic E-state index is -0.674. The Bertz CT molecular complexity index is 737. The molecule has 0 radical (unpaired) electrons. The van der Waals surface area contributed by atoms with Crippen molar-refractivity contribution in [2.75, 3.05) is 0 Å². The van der Waals surface area contributed by atoms with Crippen LogP contribution in [0, 0.1) is 0 Å². The summed E-state index contributed by atoms with van der Waals surface area (Å²) in [7, 11) is 0. The molecule has 1 aromatic carbocycles. The lowest BCUT2D eigenvalue weighted by Gasteiger charge is -2.16. The first-order chi connectivity index (χ1) is 10.7. The van der Waals surface area contributed by atoms with Gasteiger partial charge in [-0.2, -0.15) is 5.10 Å². The highest BCUT2D eigenvalue weighted by atomic mass is 16.3. The molecule has 112 valence electrons. The Morgan fingerprint density at radius 1 is 1.05 bits per heavy atom. The van der Waals surface area contributed by atoms with Crippen molar-refractivity contribution < 1.29 is 5.11 Å². The van der Waals surface area contributed by atoms with Crippen LogP contribution in [0.25, 0.3) is 17.1 Å². The van der Waals surface area contributed by atoms with Crippen LogP contribution in [0.4, 0.5) is 0 Å². The van der Waals surface area contributed by atoms with Gasteiger partial charge in [0, 0.05) is 11.8 Å². The van der Waals surface area contributed by atoms with Gasteiger partial charge in [-0.15, -0.1) is 10.2 Å². The van der Waals surface area contributed by atoms with Crippen LogP contribution in [0.2, 0.25) is 0 Å². The number of rotatable bonds is 4. The van der Waals surface area contributed by atoms with Crippen LogP contribution in [0.5, 0.6) is 0 Å². The third kappa shape index (κ3) is 2.74. The molecule has 3 N–H and O–H groups in total. The van der Waals surface area contributed by atoms with Crippen molar-refractivity contribution in [3.63, 3.8) is 0 Å². The van der Waals surface area contributed by atoms with E-state index in [1.54, 1.807) is 23.9 Å². The first-order valence-electron chi connectivity index (χ1n) is 7.04. The highest BCUT2D eigenvalue weighted by molar-refractivity contribution is 5.58. The van der Waals surface area contributed by atoms with Gasteiger partial charge in [-0.1, -0.05) is 30.3 Å². The Hall–Kier alpha value is -2.57. The molecule has 0 aliphatic heterocycles. The molecule has 0 saturated heterocycles. The van der Waals surface area contributed by atoms with Crippen LogP contribution in [-0.2, 0) is 0 Å². The molecule has 0 bridgehead atoms. The van der Waals surface area contributed by atoms with Crippen molar-refractivity contribution >= 4 is 0 Å². The maximum absolute atomic E-state index is 9.65. The summed E-state index contributed by atoms with van der Waals surface area (Å²) in [5.74, 6) is 0.566. The van der Waals surface area contributed by atoms with Crippen LogP contribution in [-0.4, -0.2) is 31.2 Å². The predicted molar refractivity (Wildman–Crippen MR) is 83.2 cm³/mol. The number of benzene rings is 1. The molecule has 2 atom stereocenters. The van der Waals surface area contributed by atoms with Crippen molar-refractivity contribution in [1.29, 1.82) is 0 Å². The minimum Gasteiger partial charge on any atom is -0.391 e. The normalized spacial score (nSPS) is 13.8. The summed E-state index contributed by atoms with van der Waals surface area (Å²) in [6, 6.07) is 14.8. The van der Waals surface area contributed by atoms with Crippen molar-refractivity contribution in [3.05, 3.63) is 60.4 Å². The number of nitrogens with two attached hydrogens (primary N) is 1. The smallest absolute Gasteiger partial charge is 0.176 e. The maximum atomic E-state index is 9.65. The Balaban J connectivity index is 1.93. The zero-order valence-corrected chi connectivity index (χ0v) is 12.2. The fourth-order valence-corrected chi connectivity index (χ4v) is 2.21. The van der Waals surface area contributed by atoms with Gasteiger partial charge in [0.05, 0.1) is 23.5 Å². The molecule has 22 heavy (non-hydrogen) atoms. The lowest BCUT2D eigenvalue weighted by atomic mass is 10.1. The third-order valence-corrected chi connectivity index (χ3v) is 3.47. The molecule has 3 rings (SSSR count). The Morgan fingerprint density at radius 2 is 1.82 bits per heavy atom. The van der Waals surface area contributed by atoms with Gasteiger partial charge in [0.1, 0.15) is 0 Å². The van der Waals surface area contributed by atoms with Gasteiger partial charge < -0.3 is 10.8 Å². The van der Waals surface area contributed by atoms with Crippen molar-refractivity contribution in [1.82, 2.24) is 20.0 Å². The Labute approximate surface area is 128 Å². The van der Waals surface area contributed by atoms with Crippen LogP contribution in [0.1, 0.15) is 18.7 Å². The van der Waals surface area contributed by atoms with E-state index in [9.17, 15) is 5.11 Å². The molecule has 2 heterocycles. The van der Waals surface area contributed by atoms with E-state index in [0.717, 1.165) is 11.3 Å². The molecule has 3 aromatic rings. The highest BCUT2D eigenvalue weighted by Crippen LogP contribution is 2.19. The Kier molecular flexibility index (Phi) is 3.95. The molecule has 0 aliphatic rings. The zero-order valence-electron chi connectivity index (χ0n) is 12.2. The average molecular weight is 295 g/mol. The predicted octanol–water partition coefficient (Wildman–Crippen LogP) is 1.71. The first kappa shape index (κ1) is 14.4. The van der Waals surface area contributed by atoms with E-state index < -0.39 is 12.1 Å². The van der Waals surface area contributed by atoms with Crippen molar-refractivity contribution in [3.8, 4) is 17.1 Å². The molecule has 0 amide bonds. The molecule has 2 aromatic heterocycles. The summed E-state index contributed by atoms with van der Waals surface area (Å²) in [5, 5.41) is 22.3. The van der Waals surface area contributed by atoms with Crippen molar-refractivity contribution in [2.24, 2.45) is 5.73 Å². The number of hydrogen-bond donors (Lipinski definition) is 2. The van der Waals surface area contributed by atoms with Gasteiger partial charge >= 0.3 is 0 Å². The molecule has 0 fully saturated rings. The summed E-state index contributed by atoms with van der Waals surface area (Å²) >= 11 is 0. The number of hydrogen-bond acceptors (Lipinski definition) is 5. The van der Waals surface area contributed by atoms with Gasteiger partial charge in [-0.25, -0.2) is 4.68 Å². The lowest BCUT2D eigenvalue weighted by molar-refractivity contribution is 0.161. The van der Waals surface area contributed by atoms with E-state index in [4.69, 9.17) is 5.73 Å². The van der Waals surface area contributed by atoms with E-state index in [-0.39, 0.29) is 0 Å². The second-order valence-electron chi connectivity index (χ2n) is 5.08.